The van der Waals surface area contributed by atoms with Crippen LogP contribution in [0.3, 0.4) is 0 Å². The summed E-state index contributed by atoms with van der Waals surface area (Å²) in [6.07, 6.45) is 0.461. The van der Waals surface area contributed by atoms with Gasteiger partial charge >= 0.3 is 5.97 Å². The Kier molecular flexibility index (Phi) is 3.53. The molecule has 1 N–H and O–H groups in total. The number of carbonyl (C=O) groups is 1. The van der Waals surface area contributed by atoms with Gasteiger partial charge in [0.25, 0.3) is 0 Å². The van der Waals surface area contributed by atoms with Gasteiger partial charge < -0.3 is 10.1 Å². The largest absolute Gasteiger partial charge is 0.466 e. The fourth-order valence-electron chi connectivity index (χ4n) is 3.57. The van der Waals surface area contributed by atoms with Gasteiger partial charge in [-0.3, -0.25) is 4.79 Å². The number of sulfone groups is 1. The van der Waals surface area contributed by atoms with E-state index in [4.69, 9.17) is 4.74 Å². The Morgan fingerprint density at radius 3 is 2.95 bits per heavy atom. The number of carbonyl (C=O) groups excluding carboxylic acids is 1. The highest BCUT2D eigenvalue weighted by atomic mass is 32.2. The van der Waals surface area contributed by atoms with E-state index < -0.39 is 15.3 Å². The zero-order valence-electron chi connectivity index (χ0n) is 12.0. The maximum absolute atomic E-state index is 12.3. The van der Waals surface area contributed by atoms with E-state index in [-0.39, 0.29) is 17.6 Å². The Hall–Kier alpha value is -1.40. The predicted molar refractivity (Wildman–Crippen MR) is 77.8 cm³/mol. The molecule has 0 saturated carbocycles. The normalized spacial score (nSPS) is 30.0. The molecule has 1 aromatic carbocycles. The first-order valence-corrected chi connectivity index (χ1v) is 8.86. The fraction of sp³-hybridized carbons (Fsp3) is 0.533. The maximum atomic E-state index is 12.3. The second-order valence-electron chi connectivity index (χ2n) is 5.66. The number of benzene rings is 1. The molecule has 0 bridgehead atoms. The summed E-state index contributed by atoms with van der Waals surface area (Å²) in [5.41, 5.74) is 0.299. The van der Waals surface area contributed by atoms with Crippen molar-refractivity contribution in [3.63, 3.8) is 0 Å². The average Bonchev–Trinajstić information content (AvgIpc) is 2.89. The summed E-state index contributed by atoms with van der Waals surface area (Å²) in [5.74, 6) is -0.479. The third-order valence-electron chi connectivity index (χ3n) is 4.60. The lowest BCUT2D eigenvalue weighted by Gasteiger charge is -2.38. The molecule has 2 atom stereocenters. The van der Waals surface area contributed by atoms with Crippen LogP contribution in [0.5, 0.6) is 0 Å². The summed E-state index contributed by atoms with van der Waals surface area (Å²) in [6.45, 7) is 3.27. The number of ether oxygens (including phenoxy) is 1. The number of hydrogen-bond acceptors (Lipinski definition) is 5. The highest BCUT2D eigenvalue weighted by Gasteiger charge is 2.53. The van der Waals surface area contributed by atoms with Crippen molar-refractivity contribution in [1.29, 1.82) is 0 Å². The number of nitrogens with one attached hydrogen (secondary N) is 1. The molecule has 2 heterocycles. The molecule has 21 heavy (non-hydrogen) atoms. The van der Waals surface area contributed by atoms with Gasteiger partial charge in [-0.05, 0) is 25.0 Å². The van der Waals surface area contributed by atoms with E-state index in [0.717, 1.165) is 5.56 Å². The van der Waals surface area contributed by atoms with Crippen LogP contribution >= 0.6 is 0 Å². The molecule has 1 saturated heterocycles. The molecule has 2 aliphatic rings. The van der Waals surface area contributed by atoms with Crippen LogP contribution in [0.25, 0.3) is 0 Å². The quantitative estimate of drug-likeness (QED) is 0.821. The van der Waals surface area contributed by atoms with Crippen molar-refractivity contribution in [2.45, 2.75) is 23.7 Å². The average molecular weight is 309 g/mol. The van der Waals surface area contributed by atoms with Crippen molar-refractivity contribution < 1.29 is 17.9 Å². The Labute approximate surface area is 124 Å². The lowest BCUT2D eigenvalue weighted by Crippen LogP contribution is -2.45. The zero-order valence-corrected chi connectivity index (χ0v) is 12.8. The molecule has 5 nitrogen and oxygen atoms in total. The highest BCUT2D eigenvalue weighted by Crippen LogP contribution is 2.46. The second kappa shape index (κ2) is 5.10. The van der Waals surface area contributed by atoms with Crippen molar-refractivity contribution in [2.24, 2.45) is 5.92 Å². The smallest absolute Gasteiger partial charge is 0.311 e. The third-order valence-corrected chi connectivity index (χ3v) is 6.37. The molecule has 2 unspecified atom stereocenters. The summed E-state index contributed by atoms with van der Waals surface area (Å²) in [7, 11) is -3.25. The van der Waals surface area contributed by atoms with Gasteiger partial charge in [0.1, 0.15) is 0 Å². The van der Waals surface area contributed by atoms with Crippen molar-refractivity contribution >= 4 is 15.8 Å². The molecular weight excluding hydrogens is 290 g/mol. The van der Waals surface area contributed by atoms with Crippen LogP contribution in [-0.2, 0) is 24.8 Å². The molecule has 1 spiro atoms. The molecule has 6 heteroatoms. The van der Waals surface area contributed by atoms with Crippen molar-refractivity contribution in [3.05, 3.63) is 29.8 Å². The van der Waals surface area contributed by atoms with Crippen molar-refractivity contribution in [1.82, 2.24) is 5.32 Å². The van der Waals surface area contributed by atoms with Gasteiger partial charge in [0.15, 0.2) is 9.84 Å². The van der Waals surface area contributed by atoms with Gasteiger partial charge in [0.2, 0.25) is 0 Å². The minimum atomic E-state index is -3.25. The summed E-state index contributed by atoms with van der Waals surface area (Å²) in [5, 5.41) is 3.24. The third kappa shape index (κ3) is 2.17. The number of esters is 1. The Balaban J connectivity index is 2.12. The Morgan fingerprint density at radius 2 is 2.19 bits per heavy atom. The van der Waals surface area contributed by atoms with Gasteiger partial charge in [-0.2, -0.15) is 0 Å². The Morgan fingerprint density at radius 1 is 1.43 bits per heavy atom. The number of hydrogen-bond donors (Lipinski definition) is 1. The van der Waals surface area contributed by atoms with E-state index in [9.17, 15) is 13.2 Å². The van der Waals surface area contributed by atoms with Gasteiger partial charge in [-0.15, -0.1) is 0 Å². The zero-order chi connectivity index (χ0) is 15.1. The van der Waals surface area contributed by atoms with Crippen LogP contribution in [-0.4, -0.2) is 39.8 Å². The molecule has 114 valence electrons. The first kappa shape index (κ1) is 14.5. The van der Waals surface area contributed by atoms with Crippen LogP contribution in [0.1, 0.15) is 18.9 Å². The monoisotopic (exact) mass is 309 g/mol. The van der Waals surface area contributed by atoms with Crippen LogP contribution < -0.4 is 5.32 Å². The number of rotatable bonds is 2. The van der Waals surface area contributed by atoms with E-state index in [0.29, 0.717) is 31.0 Å². The summed E-state index contributed by atoms with van der Waals surface area (Å²) in [4.78, 5) is 12.6. The van der Waals surface area contributed by atoms with E-state index in [1.807, 2.05) is 12.1 Å². The molecule has 0 aromatic heterocycles. The van der Waals surface area contributed by atoms with Gasteiger partial charge in [-0.25, -0.2) is 8.42 Å². The summed E-state index contributed by atoms with van der Waals surface area (Å²) < 4.78 is 29.7. The molecule has 1 fully saturated rings. The van der Waals surface area contributed by atoms with Gasteiger partial charge in [0, 0.05) is 18.5 Å². The molecule has 0 amide bonds. The lowest BCUT2D eigenvalue weighted by atomic mass is 9.70. The first-order chi connectivity index (χ1) is 10.0. The van der Waals surface area contributed by atoms with E-state index >= 15 is 0 Å². The van der Waals surface area contributed by atoms with Gasteiger partial charge in [-0.1, -0.05) is 18.2 Å². The van der Waals surface area contributed by atoms with E-state index in [1.165, 1.54) is 0 Å². The lowest BCUT2D eigenvalue weighted by molar-refractivity contribution is -0.149. The second-order valence-corrected chi connectivity index (χ2v) is 7.73. The van der Waals surface area contributed by atoms with Gasteiger partial charge in [0.05, 0.1) is 23.2 Å². The van der Waals surface area contributed by atoms with Crippen LogP contribution in [0.15, 0.2) is 29.2 Å². The molecular formula is C15H19NO4S. The maximum Gasteiger partial charge on any atom is 0.311 e. The minimum absolute atomic E-state index is 0.0849. The fourth-order valence-corrected chi connectivity index (χ4v) is 5.31. The summed E-state index contributed by atoms with van der Waals surface area (Å²) in [6, 6.07) is 7.05. The molecule has 0 aliphatic carbocycles. The predicted octanol–water partition coefficient (Wildman–Crippen LogP) is 0.884. The summed E-state index contributed by atoms with van der Waals surface area (Å²) >= 11 is 0. The van der Waals surface area contributed by atoms with E-state index in [2.05, 4.69) is 5.32 Å². The number of fused-ring (bicyclic) bond motifs is 2. The topological polar surface area (TPSA) is 72.5 Å². The molecule has 2 aliphatic heterocycles. The SMILES string of the molecule is CCOC(=O)C1CNCC12CCS(=O)(=O)c1ccccc12. The first-order valence-electron chi connectivity index (χ1n) is 7.21. The van der Waals surface area contributed by atoms with Crippen molar-refractivity contribution in [3.8, 4) is 0 Å². The molecule has 1 aromatic rings. The standard InChI is InChI=1S/C15H19NO4S/c1-2-20-14(17)12-9-16-10-15(12)7-8-21(18,19)13-6-4-3-5-11(13)15/h3-6,12,16H,2,7-10H2,1H3. The van der Waals surface area contributed by atoms with Crippen LogP contribution in [0.4, 0.5) is 0 Å². The van der Waals surface area contributed by atoms with E-state index in [1.54, 1.807) is 19.1 Å². The Bertz CT molecular complexity index is 670. The van der Waals surface area contributed by atoms with Crippen LogP contribution in [0, 0.1) is 5.92 Å². The van der Waals surface area contributed by atoms with Crippen molar-refractivity contribution in [2.75, 3.05) is 25.4 Å². The minimum Gasteiger partial charge on any atom is -0.466 e. The highest BCUT2D eigenvalue weighted by molar-refractivity contribution is 7.91. The van der Waals surface area contributed by atoms with Crippen LogP contribution in [0.2, 0.25) is 0 Å². The molecule has 0 radical (unpaired) electrons. The molecule has 3 rings (SSSR count).